The summed E-state index contributed by atoms with van der Waals surface area (Å²) in [6.45, 7) is 0. The molecule has 1 aliphatic rings. The number of thioether (sulfide) groups is 1. The molecule has 0 aromatic heterocycles. The van der Waals surface area contributed by atoms with Gasteiger partial charge in [-0.2, -0.15) is 0 Å². The van der Waals surface area contributed by atoms with Crippen molar-refractivity contribution in [2.24, 2.45) is 0 Å². The number of para-hydroxylation sites is 1. The van der Waals surface area contributed by atoms with Crippen molar-refractivity contribution in [3.63, 3.8) is 0 Å². The molecule has 1 amide bonds. The normalized spacial score (nSPS) is 18.1. The van der Waals surface area contributed by atoms with Crippen molar-refractivity contribution in [3.05, 3.63) is 59.1 Å². The number of carbonyl (C=O) groups is 1. The number of methoxy groups -OCH3 is 1. The molecule has 0 radical (unpaired) electrons. The Kier molecular flexibility index (Phi) is 4.08. The summed E-state index contributed by atoms with van der Waals surface area (Å²) in [5.74, 6) is 1.35. The highest BCUT2D eigenvalue weighted by atomic mass is 35.5. The van der Waals surface area contributed by atoms with E-state index in [0.717, 1.165) is 17.0 Å². The third kappa shape index (κ3) is 2.74. The fourth-order valence-electron chi connectivity index (χ4n) is 2.41. The van der Waals surface area contributed by atoms with Crippen molar-refractivity contribution in [2.75, 3.05) is 17.8 Å². The van der Waals surface area contributed by atoms with Gasteiger partial charge in [-0.25, -0.2) is 0 Å². The number of anilines is 1. The van der Waals surface area contributed by atoms with Crippen LogP contribution < -0.4 is 9.64 Å². The van der Waals surface area contributed by atoms with Crippen LogP contribution in [0.3, 0.4) is 0 Å². The van der Waals surface area contributed by atoms with Crippen LogP contribution in [0, 0.1) is 0 Å². The number of halogens is 1. The Balaban J connectivity index is 2.01. The van der Waals surface area contributed by atoms with Gasteiger partial charge in [-0.3, -0.25) is 9.69 Å². The van der Waals surface area contributed by atoms with Crippen LogP contribution in [0.2, 0.25) is 5.02 Å². The van der Waals surface area contributed by atoms with Gasteiger partial charge in [0.1, 0.15) is 11.1 Å². The predicted molar refractivity (Wildman–Crippen MR) is 87.1 cm³/mol. The van der Waals surface area contributed by atoms with E-state index in [4.69, 9.17) is 16.3 Å². The molecule has 1 aliphatic heterocycles. The molecule has 3 rings (SSSR count). The monoisotopic (exact) mass is 319 g/mol. The highest BCUT2D eigenvalue weighted by Gasteiger charge is 2.35. The third-order valence-electron chi connectivity index (χ3n) is 3.38. The summed E-state index contributed by atoms with van der Waals surface area (Å²) in [5.41, 5.74) is 1.86. The maximum Gasteiger partial charge on any atom is 0.238 e. The van der Waals surface area contributed by atoms with Crippen LogP contribution in [-0.2, 0) is 4.79 Å². The fraction of sp³-hybridized carbons (Fsp3) is 0.188. The minimum Gasteiger partial charge on any atom is -0.496 e. The lowest BCUT2D eigenvalue weighted by molar-refractivity contribution is -0.115. The summed E-state index contributed by atoms with van der Waals surface area (Å²) >= 11 is 7.53. The average molecular weight is 320 g/mol. The van der Waals surface area contributed by atoms with Crippen molar-refractivity contribution in [1.29, 1.82) is 0 Å². The number of ether oxygens (including phenoxy) is 1. The Hall–Kier alpha value is -1.65. The standard InChI is InChI=1S/C16H14ClNO2S/c1-20-14-5-3-2-4-13(14)16-18(15(19)10-21-16)12-8-6-11(17)7-9-12/h2-9,16H,10H2,1H3/t16-/m1/s1. The predicted octanol–water partition coefficient (Wildman–Crippen LogP) is 4.13. The summed E-state index contributed by atoms with van der Waals surface area (Å²) in [6, 6.07) is 15.1. The zero-order valence-electron chi connectivity index (χ0n) is 11.5. The van der Waals surface area contributed by atoms with Crippen molar-refractivity contribution in [2.45, 2.75) is 5.37 Å². The van der Waals surface area contributed by atoms with Gasteiger partial charge in [0.05, 0.1) is 12.9 Å². The number of nitrogens with zero attached hydrogens (tertiary/aromatic N) is 1. The molecule has 5 heteroatoms. The first-order valence-electron chi connectivity index (χ1n) is 6.53. The minimum atomic E-state index is -0.0742. The van der Waals surface area contributed by atoms with E-state index in [1.54, 1.807) is 35.9 Å². The van der Waals surface area contributed by atoms with Crippen LogP contribution >= 0.6 is 23.4 Å². The van der Waals surface area contributed by atoms with Crippen LogP contribution in [0.5, 0.6) is 5.75 Å². The Morgan fingerprint density at radius 2 is 1.90 bits per heavy atom. The lowest BCUT2D eigenvalue weighted by Gasteiger charge is -2.25. The maximum absolute atomic E-state index is 12.3. The summed E-state index contributed by atoms with van der Waals surface area (Å²) in [7, 11) is 1.65. The molecule has 2 aromatic rings. The third-order valence-corrected chi connectivity index (χ3v) is 4.82. The van der Waals surface area contributed by atoms with Gasteiger partial charge in [0.25, 0.3) is 0 Å². The van der Waals surface area contributed by atoms with Crippen LogP contribution in [0.4, 0.5) is 5.69 Å². The molecule has 1 heterocycles. The van der Waals surface area contributed by atoms with Gasteiger partial charge < -0.3 is 4.74 Å². The molecule has 3 nitrogen and oxygen atoms in total. The zero-order chi connectivity index (χ0) is 14.8. The van der Waals surface area contributed by atoms with Gasteiger partial charge >= 0.3 is 0 Å². The summed E-state index contributed by atoms with van der Waals surface area (Å²) in [5, 5.41) is 0.585. The highest BCUT2D eigenvalue weighted by molar-refractivity contribution is 8.00. The van der Waals surface area contributed by atoms with E-state index in [-0.39, 0.29) is 11.3 Å². The summed E-state index contributed by atoms with van der Waals surface area (Å²) in [6.07, 6.45) is 0. The highest BCUT2D eigenvalue weighted by Crippen LogP contribution is 2.44. The van der Waals surface area contributed by atoms with Crippen LogP contribution in [0.25, 0.3) is 0 Å². The molecule has 21 heavy (non-hydrogen) atoms. The molecule has 0 saturated carbocycles. The Bertz CT molecular complexity index is 660. The van der Waals surface area contributed by atoms with E-state index in [9.17, 15) is 4.79 Å². The largest absolute Gasteiger partial charge is 0.496 e. The van der Waals surface area contributed by atoms with E-state index in [2.05, 4.69) is 0 Å². The van der Waals surface area contributed by atoms with Gasteiger partial charge in [0.2, 0.25) is 5.91 Å². The van der Waals surface area contributed by atoms with Gasteiger partial charge in [-0.1, -0.05) is 29.8 Å². The Morgan fingerprint density at radius 3 is 2.62 bits per heavy atom. The van der Waals surface area contributed by atoms with Crippen molar-refractivity contribution in [3.8, 4) is 5.75 Å². The van der Waals surface area contributed by atoms with E-state index in [0.29, 0.717) is 10.8 Å². The van der Waals surface area contributed by atoms with Gasteiger partial charge in [-0.15, -0.1) is 11.8 Å². The number of hydrogen-bond donors (Lipinski definition) is 0. The average Bonchev–Trinajstić information content (AvgIpc) is 2.90. The summed E-state index contributed by atoms with van der Waals surface area (Å²) in [4.78, 5) is 14.1. The molecular weight excluding hydrogens is 306 g/mol. The molecule has 2 aromatic carbocycles. The van der Waals surface area contributed by atoms with Crippen LogP contribution in [0.1, 0.15) is 10.9 Å². The molecule has 1 saturated heterocycles. The molecule has 0 bridgehead atoms. The second kappa shape index (κ2) is 6.00. The molecular formula is C16H14ClNO2S. The van der Waals surface area contributed by atoms with E-state index < -0.39 is 0 Å². The van der Waals surface area contributed by atoms with E-state index in [1.807, 2.05) is 36.4 Å². The Labute approximate surface area is 132 Å². The fourth-order valence-corrected chi connectivity index (χ4v) is 3.73. The summed E-state index contributed by atoms with van der Waals surface area (Å²) < 4.78 is 5.42. The second-order valence-corrected chi connectivity index (χ2v) is 6.15. The number of rotatable bonds is 3. The lowest BCUT2D eigenvalue weighted by atomic mass is 10.1. The number of benzene rings is 2. The van der Waals surface area contributed by atoms with Gasteiger partial charge in [0.15, 0.2) is 0 Å². The first-order valence-corrected chi connectivity index (χ1v) is 7.95. The van der Waals surface area contributed by atoms with Crippen molar-refractivity contribution >= 4 is 35.0 Å². The van der Waals surface area contributed by atoms with Crippen molar-refractivity contribution in [1.82, 2.24) is 0 Å². The first kappa shape index (κ1) is 14.3. The quantitative estimate of drug-likeness (QED) is 0.852. The van der Waals surface area contributed by atoms with Crippen LogP contribution in [-0.4, -0.2) is 18.8 Å². The van der Waals surface area contributed by atoms with Gasteiger partial charge in [0, 0.05) is 16.3 Å². The Morgan fingerprint density at radius 1 is 1.19 bits per heavy atom. The van der Waals surface area contributed by atoms with Crippen molar-refractivity contribution < 1.29 is 9.53 Å². The lowest BCUT2D eigenvalue weighted by Crippen LogP contribution is -2.27. The first-order chi connectivity index (χ1) is 10.2. The molecule has 0 N–H and O–H groups in total. The smallest absolute Gasteiger partial charge is 0.238 e. The van der Waals surface area contributed by atoms with E-state index >= 15 is 0 Å². The molecule has 108 valence electrons. The number of hydrogen-bond acceptors (Lipinski definition) is 3. The minimum absolute atomic E-state index is 0.0742. The van der Waals surface area contributed by atoms with Crippen LogP contribution in [0.15, 0.2) is 48.5 Å². The van der Waals surface area contributed by atoms with E-state index in [1.165, 1.54) is 0 Å². The van der Waals surface area contributed by atoms with Gasteiger partial charge in [-0.05, 0) is 30.3 Å². The molecule has 0 aliphatic carbocycles. The molecule has 0 spiro atoms. The zero-order valence-corrected chi connectivity index (χ0v) is 13.0. The topological polar surface area (TPSA) is 29.5 Å². The molecule has 1 fully saturated rings. The number of carbonyl (C=O) groups excluding carboxylic acids is 1. The second-order valence-electron chi connectivity index (χ2n) is 4.65. The molecule has 0 unspecified atom stereocenters. The number of amides is 1. The SMILES string of the molecule is COc1ccccc1[C@H]1SCC(=O)N1c1ccc(Cl)cc1. The maximum atomic E-state index is 12.3. The molecule has 1 atom stereocenters.